The van der Waals surface area contributed by atoms with Crippen molar-refractivity contribution in [2.24, 2.45) is 0 Å². The van der Waals surface area contributed by atoms with Crippen LogP contribution in [0.4, 0.5) is 0 Å². The molecule has 3 aromatic carbocycles. The van der Waals surface area contributed by atoms with Crippen molar-refractivity contribution in [3.05, 3.63) is 78.4 Å². The summed E-state index contributed by atoms with van der Waals surface area (Å²) in [5.74, 6) is 0. The zero-order valence-electron chi connectivity index (χ0n) is 12.7. The quantitative estimate of drug-likeness (QED) is 0.579. The number of carboxylic acid groups (broad SMARTS) is 1. The van der Waals surface area contributed by atoms with E-state index in [0.29, 0.717) is 5.39 Å². The molecule has 0 atom stereocenters. The SMILES string of the molecule is O=CO.O=S(=O)(OCc1ccccc1)c1cccc2ccccc12. The molecule has 3 aromatic rings. The van der Waals surface area contributed by atoms with E-state index in [0.717, 1.165) is 10.9 Å². The van der Waals surface area contributed by atoms with Crippen LogP contribution in [0.2, 0.25) is 0 Å². The molecule has 0 aliphatic rings. The minimum absolute atomic E-state index is 0.0341. The van der Waals surface area contributed by atoms with Gasteiger partial charge in [-0.05, 0) is 17.0 Å². The second-order valence-electron chi connectivity index (χ2n) is 4.78. The van der Waals surface area contributed by atoms with E-state index < -0.39 is 10.1 Å². The van der Waals surface area contributed by atoms with Gasteiger partial charge in [-0.1, -0.05) is 66.7 Å². The molecule has 3 rings (SSSR count). The Hall–Kier alpha value is -2.70. The first-order valence-electron chi connectivity index (χ1n) is 7.07. The van der Waals surface area contributed by atoms with Crippen molar-refractivity contribution in [3.8, 4) is 0 Å². The third kappa shape index (κ3) is 4.41. The summed E-state index contributed by atoms with van der Waals surface area (Å²) in [4.78, 5) is 8.57. The predicted molar refractivity (Wildman–Crippen MR) is 91.1 cm³/mol. The molecule has 1 N–H and O–H groups in total. The summed E-state index contributed by atoms with van der Waals surface area (Å²) in [6.07, 6.45) is 0. The van der Waals surface area contributed by atoms with Crippen LogP contribution < -0.4 is 0 Å². The molecule has 0 saturated heterocycles. The Bertz CT molecular complexity index is 900. The first kappa shape index (κ1) is 17.7. The highest BCUT2D eigenvalue weighted by molar-refractivity contribution is 7.87. The van der Waals surface area contributed by atoms with Gasteiger partial charge in [0.05, 0.1) is 6.61 Å². The Kier molecular flexibility index (Phi) is 6.06. The van der Waals surface area contributed by atoms with Gasteiger partial charge in [0, 0.05) is 5.39 Å². The van der Waals surface area contributed by atoms with Gasteiger partial charge in [0.25, 0.3) is 16.6 Å². The monoisotopic (exact) mass is 344 g/mol. The fourth-order valence-corrected chi connectivity index (χ4v) is 3.32. The Morgan fingerprint density at radius 1 is 0.875 bits per heavy atom. The molecule has 0 radical (unpaired) electrons. The first-order chi connectivity index (χ1) is 11.6. The molecule has 0 saturated carbocycles. The normalized spacial score (nSPS) is 10.7. The smallest absolute Gasteiger partial charge is 0.297 e. The van der Waals surface area contributed by atoms with Crippen LogP contribution >= 0.6 is 0 Å². The number of benzene rings is 3. The maximum atomic E-state index is 12.4. The zero-order chi connectivity index (χ0) is 17.4. The topological polar surface area (TPSA) is 80.7 Å². The van der Waals surface area contributed by atoms with E-state index in [-0.39, 0.29) is 18.0 Å². The van der Waals surface area contributed by atoms with Crippen molar-refractivity contribution in [2.75, 3.05) is 0 Å². The molecule has 0 aliphatic carbocycles. The van der Waals surface area contributed by atoms with E-state index in [2.05, 4.69) is 0 Å². The van der Waals surface area contributed by atoms with Crippen LogP contribution in [0.25, 0.3) is 10.8 Å². The second-order valence-corrected chi connectivity index (χ2v) is 6.37. The van der Waals surface area contributed by atoms with Crippen LogP contribution in [0, 0.1) is 0 Å². The lowest BCUT2D eigenvalue weighted by molar-refractivity contribution is -0.122. The largest absolute Gasteiger partial charge is 0.483 e. The first-order valence-corrected chi connectivity index (χ1v) is 8.48. The molecule has 0 fully saturated rings. The predicted octanol–water partition coefficient (Wildman–Crippen LogP) is 3.45. The van der Waals surface area contributed by atoms with Crippen LogP contribution in [0.5, 0.6) is 0 Å². The fourth-order valence-electron chi connectivity index (χ4n) is 2.20. The molecule has 24 heavy (non-hydrogen) atoms. The molecule has 0 bridgehead atoms. The van der Waals surface area contributed by atoms with Crippen LogP contribution in [0.1, 0.15) is 5.56 Å². The lowest BCUT2D eigenvalue weighted by Gasteiger charge is -2.08. The molecule has 0 aliphatic heterocycles. The Labute approximate surface area is 140 Å². The van der Waals surface area contributed by atoms with Gasteiger partial charge in [-0.3, -0.25) is 8.98 Å². The van der Waals surface area contributed by atoms with Gasteiger partial charge >= 0.3 is 0 Å². The Morgan fingerprint density at radius 3 is 2.17 bits per heavy atom. The van der Waals surface area contributed by atoms with Crippen molar-refractivity contribution in [1.29, 1.82) is 0 Å². The number of fused-ring (bicyclic) bond motifs is 1. The highest BCUT2D eigenvalue weighted by Gasteiger charge is 2.18. The summed E-state index contributed by atoms with van der Waals surface area (Å²) >= 11 is 0. The molecule has 6 heteroatoms. The molecule has 0 unspecified atom stereocenters. The minimum Gasteiger partial charge on any atom is -0.483 e. The van der Waals surface area contributed by atoms with Gasteiger partial charge < -0.3 is 5.11 Å². The van der Waals surface area contributed by atoms with Gasteiger partial charge in [-0.25, -0.2) is 0 Å². The van der Waals surface area contributed by atoms with Crippen LogP contribution in [0.15, 0.2) is 77.7 Å². The van der Waals surface area contributed by atoms with Crippen LogP contribution in [0.3, 0.4) is 0 Å². The Morgan fingerprint density at radius 2 is 1.46 bits per heavy atom. The highest BCUT2D eigenvalue weighted by Crippen LogP contribution is 2.24. The Balaban J connectivity index is 0.000000647. The van der Waals surface area contributed by atoms with Crippen molar-refractivity contribution in [1.82, 2.24) is 0 Å². The fraction of sp³-hybridized carbons (Fsp3) is 0.0556. The van der Waals surface area contributed by atoms with Crippen molar-refractivity contribution in [2.45, 2.75) is 11.5 Å². The van der Waals surface area contributed by atoms with E-state index in [1.54, 1.807) is 18.2 Å². The average molecular weight is 344 g/mol. The third-order valence-electron chi connectivity index (χ3n) is 3.24. The second kappa shape index (κ2) is 8.24. The summed E-state index contributed by atoms with van der Waals surface area (Å²) < 4.78 is 30.0. The zero-order valence-corrected chi connectivity index (χ0v) is 13.5. The maximum absolute atomic E-state index is 12.4. The molecular formula is C18H16O5S. The molecule has 0 spiro atoms. The molecular weight excluding hydrogens is 328 g/mol. The van der Waals surface area contributed by atoms with Gasteiger partial charge in [0.15, 0.2) is 0 Å². The van der Waals surface area contributed by atoms with Gasteiger partial charge in [-0.15, -0.1) is 0 Å². The van der Waals surface area contributed by atoms with E-state index in [4.69, 9.17) is 14.1 Å². The molecule has 5 nitrogen and oxygen atoms in total. The summed E-state index contributed by atoms with van der Waals surface area (Å²) in [5, 5.41) is 8.44. The molecule has 124 valence electrons. The lowest BCUT2D eigenvalue weighted by atomic mass is 10.1. The number of carbonyl (C=O) groups is 1. The van der Waals surface area contributed by atoms with Crippen LogP contribution in [-0.2, 0) is 25.7 Å². The molecule has 0 amide bonds. The summed E-state index contributed by atoms with van der Waals surface area (Å²) in [5.41, 5.74) is 0.821. The van der Waals surface area contributed by atoms with Gasteiger partial charge in [-0.2, -0.15) is 8.42 Å². The standard InChI is InChI=1S/C17H14O3S.CH2O2/c18-21(19,20-13-14-7-2-1-3-8-14)17-12-6-10-15-9-4-5-11-16(15)17;2-1-3/h1-12H,13H2;1H,(H,2,3). The van der Waals surface area contributed by atoms with Gasteiger partial charge in [0.2, 0.25) is 0 Å². The molecule has 0 heterocycles. The van der Waals surface area contributed by atoms with E-state index in [1.807, 2.05) is 54.6 Å². The van der Waals surface area contributed by atoms with Crippen molar-refractivity contribution < 1.29 is 22.5 Å². The number of hydrogen-bond donors (Lipinski definition) is 1. The summed E-state index contributed by atoms with van der Waals surface area (Å²) in [6, 6.07) is 21.8. The van der Waals surface area contributed by atoms with Gasteiger partial charge in [0.1, 0.15) is 4.90 Å². The van der Waals surface area contributed by atoms with Crippen LogP contribution in [-0.4, -0.2) is 20.0 Å². The number of hydrogen-bond acceptors (Lipinski definition) is 4. The molecule has 0 aromatic heterocycles. The third-order valence-corrected chi connectivity index (χ3v) is 4.57. The van der Waals surface area contributed by atoms with Crippen molar-refractivity contribution >= 4 is 27.4 Å². The highest BCUT2D eigenvalue weighted by atomic mass is 32.2. The maximum Gasteiger partial charge on any atom is 0.297 e. The van der Waals surface area contributed by atoms with E-state index in [9.17, 15) is 8.42 Å². The minimum atomic E-state index is -3.79. The van der Waals surface area contributed by atoms with Crippen molar-refractivity contribution in [3.63, 3.8) is 0 Å². The summed E-state index contributed by atoms with van der Waals surface area (Å²) in [6.45, 7) is -0.216. The van der Waals surface area contributed by atoms with E-state index >= 15 is 0 Å². The lowest BCUT2D eigenvalue weighted by Crippen LogP contribution is -2.07. The number of rotatable bonds is 4. The summed E-state index contributed by atoms with van der Waals surface area (Å²) in [7, 11) is -3.79. The van der Waals surface area contributed by atoms with E-state index in [1.165, 1.54) is 0 Å². The average Bonchev–Trinajstić information content (AvgIpc) is 2.61.